The van der Waals surface area contributed by atoms with Crippen LogP contribution in [0.25, 0.3) is 0 Å². The predicted molar refractivity (Wildman–Crippen MR) is 61.5 cm³/mol. The van der Waals surface area contributed by atoms with Crippen LogP contribution in [0.2, 0.25) is 10.0 Å². The van der Waals surface area contributed by atoms with E-state index in [0.717, 1.165) is 5.56 Å². The van der Waals surface area contributed by atoms with E-state index in [1.54, 1.807) is 0 Å². The average Bonchev–Trinajstić information content (AvgIpc) is 2.58. The van der Waals surface area contributed by atoms with Gasteiger partial charge in [-0.05, 0) is 17.7 Å². The Balaban J connectivity index is 2.17. The molecule has 2 N–H and O–H groups in total. The molecule has 1 unspecified atom stereocenters. The molecule has 1 aliphatic heterocycles. The summed E-state index contributed by atoms with van der Waals surface area (Å²) in [5.74, 6) is 0. The van der Waals surface area contributed by atoms with E-state index >= 15 is 0 Å². The van der Waals surface area contributed by atoms with Gasteiger partial charge in [0.15, 0.2) is 0 Å². The van der Waals surface area contributed by atoms with Crippen molar-refractivity contribution in [1.29, 1.82) is 0 Å². The fourth-order valence-electron chi connectivity index (χ4n) is 1.50. The summed E-state index contributed by atoms with van der Waals surface area (Å²) in [6.07, 6.45) is 0.652. The standard InChI is InChI=1S/C10H10Cl2N2O/c11-8-2-1-3-9(12)7(8)4-6-5-15-10(13)14-6/h1-3,6H,4-5H2,(H2,13,14). The van der Waals surface area contributed by atoms with E-state index in [4.69, 9.17) is 33.7 Å². The monoisotopic (exact) mass is 244 g/mol. The Morgan fingerprint density at radius 3 is 2.60 bits per heavy atom. The number of amidine groups is 1. The van der Waals surface area contributed by atoms with E-state index in [1.165, 1.54) is 0 Å². The highest BCUT2D eigenvalue weighted by Crippen LogP contribution is 2.26. The number of ether oxygens (including phenoxy) is 1. The largest absolute Gasteiger partial charge is 0.463 e. The molecule has 1 aliphatic rings. The second-order valence-electron chi connectivity index (χ2n) is 3.34. The first kappa shape index (κ1) is 10.6. The van der Waals surface area contributed by atoms with Gasteiger partial charge in [-0.25, -0.2) is 4.99 Å². The molecule has 3 nitrogen and oxygen atoms in total. The predicted octanol–water partition coefficient (Wildman–Crippen LogP) is 2.25. The Bertz CT molecular complexity index is 386. The van der Waals surface area contributed by atoms with Crippen LogP contribution < -0.4 is 5.73 Å². The van der Waals surface area contributed by atoms with E-state index in [2.05, 4.69) is 4.99 Å². The van der Waals surface area contributed by atoms with Gasteiger partial charge in [-0.1, -0.05) is 29.3 Å². The van der Waals surface area contributed by atoms with Crippen LogP contribution in [0.15, 0.2) is 23.2 Å². The molecule has 1 aromatic carbocycles. The lowest BCUT2D eigenvalue weighted by Gasteiger charge is -2.08. The summed E-state index contributed by atoms with van der Waals surface area (Å²) in [7, 11) is 0. The molecule has 15 heavy (non-hydrogen) atoms. The zero-order valence-electron chi connectivity index (χ0n) is 7.91. The maximum absolute atomic E-state index is 6.04. The van der Waals surface area contributed by atoms with Crippen LogP contribution in [-0.4, -0.2) is 18.7 Å². The highest BCUT2D eigenvalue weighted by Gasteiger charge is 2.19. The van der Waals surface area contributed by atoms with Crippen molar-refractivity contribution in [3.05, 3.63) is 33.8 Å². The molecule has 0 fully saturated rings. The highest BCUT2D eigenvalue weighted by molar-refractivity contribution is 6.36. The third-order valence-electron chi connectivity index (χ3n) is 2.23. The van der Waals surface area contributed by atoms with Gasteiger partial charge in [0.05, 0.1) is 6.04 Å². The summed E-state index contributed by atoms with van der Waals surface area (Å²) in [4.78, 5) is 4.12. The third kappa shape index (κ3) is 2.36. The number of hydrogen-bond donors (Lipinski definition) is 1. The number of rotatable bonds is 2. The van der Waals surface area contributed by atoms with Crippen LogP contribution in [0, 0.1) is 0 Å². The van der Waals surface area contributed by atoms with Gasteiger partial charge in [-0.15, -0.1) is 0 Å². The fraction of sp³-hybridized carbons (Fsp3) is 0.300. The number of hydrogen-bond acceptors (Lipinski definition) is 3. The maximum atomic E-state index is 6.04. The van der Waals surface area contributed by atoms with Crippen LogP contribution in [0.3, 0.4) is 0 Å². The molecule has 1 heterocycles. The molecule has 0 radical (unpaired) electrons. The maximum Gasteiger partial charge on any atom is 0.282 e. The highest BCUT2D eigenvalue weighted by atomic mass is 35.5. The van der Waals surface area contributed by atoms with Crippen LogP contribution in [-0.2, 0) is 11.2 Å². The van der Waals surface area contributed by atoms with E-state index in [-0.39, 0.29) is 12.1 Å². The minimum atomic E-state index is 0.0161. The summed E-state index contributed by atoms with van der Waals surface area (Å²) < 4.78 is 5.06. The number of halogens is 2. The van der Waals surface area contributed by atoms with E-state index < -0.39 is 0 Å². The Morgan fingerprint density at radius 2 is 2.07 bits per heavy atom. The van der Waals surface area contributed by atoms with E-state index in [9.17, 15) is 0 Å². The third-order valence-corrected chi connectivity index (χ3v) is 2.94. The molecule has 0 saturated heterocycles. The van der Waals surface area contributed by atoms with Gasteiger partial charge < -0.3 is 10.5 Å². The molecular weight excluding hydrogens is 235 g/mol. The molecule has 0 amide bonds. The number of nitrogens with zero attached hydrogens (tertiary/aromatic N) is 1. The van der Waals surface area contributed by atoms with Crippen LogP contribution in [0.5, 0.6) is 0 Å². The zero-order chi connectivity index (χ0) is 10.8. The average molecular weight is 245 g/mol. The van der Waals surface area contributed by atoms with Crippen molar-refractivity contribution in [2.75, 3.05) is 6.61 Å². The number of nitrogens with two attached hydrogens (primary N) is 1. The lowest BCUT2D eigenvalue weighted by molar-refractivity contribution is 0.312. The molecule has 0 aliphatic carbocycles. The topological polar surface area (TPSA) is 47.6 Å². The van der Waals surface area contributed by atoms with Crippen LogP contribution >= 0.6 is 23.2 Å². The summed E-state index contributed by atoms with van der Waals surface area (Å²) in [5.41, 5.74) is 6.31. The van der Waals surface area contributed by atoms with Crippen molar-refractivity contribution in [2.45, 2.75) is 12.5 Å². The minimum Gasteiger partial charge on any atom is -0.463 e. The molecule has 0 saturated carbocycles. The van der Waals surface area contributed by atoms with Crippen LogP contribution in [0.4, 0.5) is 0 Å². The first-order chi connectivity index (χ1) is 7.16. The minimum absolute atomic E-state index is 0.0161. The summed E-state index contributed by atoms with van der Waals surface area (Å²) in [6, 6.07) is 5.69. The SMILES string of the molecule is NC1=NC(Cc2c(Cl)cccc2Cl)CO1. The van der Waals surface area contributed by atoms with Crippen molar-refractivity contribution in [2.24, 2.45) is 10.7 Å². The van der Waals surface area contributed by atoms with Gasteiger partial charge in [0.1, 0.15) is 6.61 Å². The number of aliphatic imine (C=N–C) groups is 1. The molecule has 2 rings (SSSR count). The van der Waals surface area contributed by atoms with Gasteiger partial charge >= 0.3 is 0 Å². The van der Waals surface area contributed by atoms with Crippen LogP contribution in [0.1, 0.15) is 5.56 Å². The van der Waals surface area contributed by atoms with Gasteiger partial charge in [-0.3, -0.25) is 0 Å². The Kier molecular flexibility index (Phi) is 3.03. The van der Waals surface area contributed by atoms with Crippen molar-refractivity contribution < 1.29 is 4.74 Å². The molecular formula is C10H10Cl2N2O. The zero-order valence-corrected chi connectivity index (χ0v) is 9.42. The fourth-order valence-corrected chi connectivity index (χ4v) is 2.06. The Hall–Kier alpha value is -0.930. The van der Waals surface area contributed by atoms with E-state index in [1.807, 2.05) is 18.2 Å². The van der Waals surface area contributed by atoms with Gasteiger partial charge in [-0.2, -0.15) is 0 Å². The second-order valence-corrected chi connectivity index (χ2v) is 4.15. The molecule has 0 spiro atoms. The van der Waals surface area contributed by atoms with Crippen molar-refractivity contribution in [1.82, 2.24) is 0 Å². The summed E-state index contributed by atoms with van der Waals surface area (Å²) in [6.45, 7) is 0.493. The second kappa shape index (κ2) is 4.29. The molecule has 0 bridgehead atoms. The molecule has 5 heteroatoms. The van der Waals surface area contributed by atoms with E-state index in [0.29, 0.717) is 23.1 Å². The number of benzene rings is 1. The van der Waals surface area contributed by atoms with Crippen molar-refractivity contribution >= 4 is 29.2 Å². The molecule has 1 atom stereocenters. The normalized spacial score (nSPS) is 19.9. The molecule has 80 valence electrons. The van der Waals surface area contributed by atoms with Crippen molar-refractivity contribution in [3.8, 4) is 0 Å². The van der Waals surface area contributed by atoms with Crippen molar-refractivity contribution in [3.63, 3.8) is 0 Å². The first-order valence-electron chi connectivity index (χ1n) is 4.56. The lowest BCUT2D eigenvalue weighted by Crippen LogP contribution is -2.11. The molecule has 1 aromatic rings. The summed E-state index contributed by atoms with van der Waals surface area (Å²) >= 11 is 12.1. The Labute approximate surface area is 97.8 Å². The lowest BCUT2D eigenvalue weighted by atomic mass is 10.1. The smallest absolute Gasteiger partial charge is 0.282 e. The van der Waals surface area contributed by atoms with Gasteiger partial charge in [0.25, 0.3) is 6.02 Å². The van der Waals surface area contributed by atoms with Gasteiger partial charge in [0, 0.05) is 16.5 Å². The molecule has 0 aromatic heterocycles. The van der Waals surface area contributed by atoms with Gasteiger partial charge in [0.2, 0.25) is 0 Å². The summed E-state index contributed by atoms with van der Waals surface area (Å²) in [5, 5.41) is 1.31. The first-order valence-corrected chi connectivity index (χ1v) is 5.31. The Morgan fingerprint density at radius 1 is 1.40 bits per heavy atom. The quantitative estimate of drug-likeness (QED) is 0.868.